The second-order valence-electron chi connectivity index (χ2n) is 5.23. The van der Waals surface area contributed by atoms with Crippen LogP contribution in [0.25, 0.3) is 0 Å². The van der Waals surface area contributed by atoms with Crippen LogP contribution in [0.15, 0.2) is 22.7 Å². The van der Waals surface area contributed by atoms with Crippen molar-refractivity contribution in [3.8, 4) is 0 Å². The van der Waals surface area contributed by atoms with Crippen molar-refractivity contribution in [3.05, 3.63) is 28.2 Å². The summed E-state index contributed by atoms with van der Waals surface area (Å²) in [6, 6.07) is 6.09. The van der Waals surface area contributed by atoms with Crippen molar-refractivity contribution in [2.75, 3.05) is 32.0 Å². The summed E-state index contributed by atoms with van der Waals surface area (Å²) in [5.41, 5.74) is 8.09. The minimum Gasteiger partial charge on any atom is -0.398 e. The predicted molar refractivity (Wildman–Crippen MR) is 77.7 cm³/mol. The highest BCUT2D eigenvalue weighted by Gasteiger charge is 2.39. The van der Waals surface area contributed by atoms with Gasteiger partial charge >= 0.3 is 0 Å². The summed E-state index contributed by atoms with van der Waals surface area (Å²) in [5.74, 6) is -0.290. The Bertz CT molecular complexity index is 451. The fraction of sp³-hybridized carbons (Fsp3) is 0.571. The van der Waals surface area contributed by atoms with Crippen molar-refractivity contribution in [2.45, 2.75) is 25.2 Å². The fourth-order valence-corrected chi connectivity index (χ4v) is 3.17. The third kappa shape index (κ3) is 2.94. The molecule has 4 nitrogen and oxygen atoms in total. The Morgan fingerprint density at radius 3 is 2.53 bits per heavy atom. The smallest absolute Gasteiger partial charge is 0.170 e. The largest absolute Gasteiger partial charge is 0.398 e. The molecule has 2 aliphatic heterocycles. The van der Waals surface area contributed by atoms with Gasteiger partial charge in [-0.1, -0.05) is 22.0 Å². The molecule has 0 aliphatic carbocycles. The molecule has 2 heterocycles. The first-order valence-corrected chi connectivity index (χ1v) is 7.50. The van der Waals surface area contributed by atoms with Crippen LogP contribution in [0.1, 0.15) is 18.4 Å². The first kappa shape index (κ1) is 13.4. The maximum Gasteiger partial charge on any atom is 0.170 e. The lowest BCUT2D eigenvalue weighted by Gasteiger charge is -2.37. The number of nitrogens with zero attached hydrogens (tertiary/aromatic N) is 1. The zero-order valence-corrected chi connectivity index (χ0v) is 12.5. The molecule has 0 radical (unpaired) electrons. The fourth-order valence-electron chi connectivity index (χ4n) is 2.79. The van der Waals surface area contributed by atoms with E-state index in [0.29, 0.717) is 0 Å². The molecule has 0 saturated carbocycles. The molecule has 19 heavy (non-hydrogen) atoms. The summed E-state index contributed by atoms with van der Waals surface area (Å²) < 4.78 is 12.5. The van der Waals surface area contributed by atoms with Gasteiger partial charge in [-0.15, -0.1) is 0 Å². The van der Waals surface area contributed by atoms with Gasteiger partial charge in [-0.25, -0.2) is 0 Å². The van der Waals surface area contributed by atoms with Crippen LogP contribution in [-0.2, 0) is 16.0 Å². The van der Waals surface area contributed by atoms with Gasteiger partial charge in [0.2, 0.25) is 0 Å². The number of likely N-dealkylation sites (tertiary alicyclic amines) is 1. The molecule has 0 bridgehead atoms. The SMILES string of the molecule is Nc1cc(Br)ccc1CN1CCC2(CC1)OCCO2. The number of rotatable bonds is 2. The van der Waals surface area contributed by atoms with E-state index in [1.807, 2.05) is 12.1 Å². The van der Waals surface area contributed by atoms with Crippen molar-refractivity contribution >= 4 is 21.6 Å². The van der Waals surface area contributed by atoms with Crippen molar-refractivity contribution in [1.29, 1.82) is 0 Å². The van der Waals surface area contributed by atoms with Gasteiger partial charge in [0.15, 0.2) is 5.79 Å². The molecule has 104 valence electrons. The molecule has 0 unspecified atom stereocenters. The van der Waals surface area contributed by atoms with E-state index in [1.165, 1.54) is 5.56 Å². The van der Waals surface area contributed by atoms with Crippen LogP contribution in [0.5, 0.6) is 0 Å². The molecule has 2 saturated heterocycles. The van der Waals surface area contributed by atoms with Gasteiger partial charge in [0.05, 0.1) is 13.2 Å². The van der Waals surface area contributed by atoms with Gasteiger partial charge in [0.1, 0.15) is 0 Å². The van der Waals surface area contributed by atoms with E-state index in [-0.39, 0.29) is 5.79 Å². The Morgan fingerprint density at radius 1 is 1.21 bits per heavy atom. The van der Waals surface area contributed by atoms with E-state index >= 15 is 0 Å². The number of anilines is 1. The van der Waals surface area contributed by atoms with Crippen molar-refractivity contribution in [2.24, 2.45) is 0 Å². The van der Waals surface area contributed by atoms with Gasteiger partial charge in [-0.05, 0) is 17.7 Å². The molecule has 1 aromatic carbocycles. The Balaban J connectivity index is 1.60. The minimum atomic E-state index is -0.290. The molecule has 5 heteroatoms. The number of nitrogen functional groups attached to an aromatic ring is 1. The average Bonchev–Trinajstić information content (AvgIpc) is 2.84. The monoisotopic (exact) mass is 326 g/mol. The molecule has 2 fully saturated rings. The van der Waals surface area contributed by atoms with Crippen LogP contribution in [0.3, 0.4) is 0 Å². The maximum absolute atomic E-state index is 6.05. The van der Waals surface area contributed by atoms with Crippen molar-refractivity contribution < 1.29 is 9.47 Å². The lowest BCUT2D eigenvalue weighted by Crippen LogP contribution is -2.44. The normalized spacial score (nSPS) is 23.0. The van der Waals surface area contributed by atoms with Gasteiger partial charge in [0.25, 0.3) is 0 Å². The van der Waals surface area contributed by atoms with E-state index in [1.54, 1.807) is 0 Å². The topological polar surface area (TPSA) is 47.7 Å². The highest BCUT2D eigenvalue weighted by Crippen LogP contribution is 2.32. The van der Waals surface area contributed by atoms with Crippen LogP contribution in [0.2, 0.25) is 0 Å². The van der Waals surface area contributed by atoms with Crippen LogP contribution in [0, 0.1) is 0 Å². The highest BCUT2D eigenvalue weighted by molar-refractivity contribution is 9.10. The lowest BCUT2D eigenvalue weighted by atomic mass is 10.0. The quantitative estimate of drug-likeness (QED) is 0.847. The van der Waals surface area contributed by atoms with E-state index in [2.05, 4.69) is 26.9 Å². The average molecular weight is 327 g/mol. The number of benzene rings is 1. The van der Waals surface area contributed by atoms with E-state index in [4.69, 9.17) is 15.2 Å². The van der Waals surface area contributed by atoms with Gasteiger partial charge in [0, 0.05) is 42.6 Å². The van der Waals surface area contributed by atoms with Crippen LogP contribution >= 0.6 is 15.9 Å². The standard InChI is InChI=1S/C14H19BrN2O2/c15-12-2-1-11(13(16)9-12)10-17-5-3-14(4-6-17)18-7-8-19-14/h1-2,9H,3-8,10,16H2. The van der Waals surface area contributed by atoms with Gasteiger partial charge in [-0.2, -0.15) is 0 Å². The molecular formula is C14H19BrN2O2. The zero-order chi connectivity index (χ0) is 13.3. The molecule has 3 rings (SSSR count). The molecule has 1 spiro atoms. The molecule has 1 aromatic rings. The van der Waals surface area contributed by atoms with Crippen molar-refractivity contribution in [3.63, 3.8) is 0 Å². The molecule has 0 amide bonds. The maximum atomic E-state index is 6.05. The van der Waals surface area contributed by atoms with Gasteiger partial charge in [-0.3, -0.25) is 4.90 Å². The zero-order valence-electron chi connectivity index (χ0n) is 10.9. The number of hydrogen-bond acceptors (Lipinski definition) is 4. The second kappa shape index (κ2) is 5.40. The first-order valence-electron chi connectivity index (χ1n) is 6.71. The van der Waals surface area contributed by atoms with E-state index < -0.39 is 0 Å². The summed E-state index contributed by atoms with van der Waals surface area (Å²) in [6.45, 7) is 4.36. The number of halogens is 1. The van der Waals surface area contributed by atoms with Crippen LogP contribution in [-0.4, -0.2) is 37.0 Å². The third-order valence-corrected chi connectivity index (χ3v) is 4.43. The van der Waals surface area contributed by atoms with Gasteiger partial charge < -0.3 is 15.2 Å². The van der Waals surface area contributed by atoms with Crippen LogP contribution in [0.4, 0.5) is 5.69 Å². The highest BCUT2D eigenvalue weighted by atomic mass is 79.9. The molecule has 2 N–H and O–H groups in total. The Kier molecular flexibility index (Phi) is 3.80. The van der Waals surface area contributed by atoms with E-state index in [0.717, 1.165) is 55.8 Å². The molecule has 0 atom stereocenters. The Morgan fingerprint density at radius 2 is 1.89 bits per heavy atom. The number of ether oxygens (including phenoxy) is 2. The predicted octanol–water partition coefficient (Wildman–Crippen LogP) is 2.37. The number of nitrogens with two attached hydrogens (primary N) is 1. The van der Waals surface area contributed by atoms with Crippen molar-refractivity contribution in [1.82, 2.24) is 4.90 Å². The first-order chi connectivity index (χ1) is 9.17. The number of piperidine rings is 1. The summed E-state index contributed by atoms with van der Waals surface area (Å²) in [5, 5.41) is 0. The molecule has 2 aliphatic rings. The number of hydrogen-bond donors (Lipinski definition) is 1. The summed E-state index contributed by atoms with van der Waals surface area (Å²) in [6.07, 6.45) is 1.90. The summed E-state index contributed by atoms with van der Waals surface area (Å²) in [7, 11) is 0. The lowest BCUT2D eigenvalue weighted by molar-refractivity contribution is -0.185. The third-order valence-electron chi connectivity index (χ3n) is 3.93. The van der Waals surface area contributed by atoms with E-state index in [9.17, 15) is 0 Å². The Labute approximate surface area is 122 Å². The molecule has 0 aromatic heterocycles. The molecular weight excluding hydrogens is 308 g/mol. The Hall–Kier alpha value is -0.620. The summed E-state index contributed by atoms with van der Waals surface area (Å²) in [4.78, 5) is 2.41. The second-order valence-corrected chi connectivity index (χ2v) is 6.14. The minimum absolute atomic E-state index is 0.290. The van der Waals surface area contributed by atoms with Crippen LogP contribution < -0.4 is 5.73 Å². The summed E-state index contributed by atoms with van der Waals surface area (Å²) >= 11 is 3.44.